The number of amides is 2. The Hall–Kier alpha value is -1.26. The first-order chi connectivity index (χ1) is 5.31. The van der Waals surface area contributed by atoms with Crippen LogP contribution in [-0.2, 0) is 9.53 Å². The van der Waals surface area contributed by atoms with Crippen molar-refractivity contribution in [1.82, 2.24) is 10.6 Å². The third-order valence-corrected chi connectivity index (χ3v) is 1.04. The molecule has 0 aliphatic carbocycles. The molecule has 11 heavy (non-hydrogen) atoms. The van der Waals surface area contributed by atoms with Gasteiger partial charge in [0.25, 0.3) is 0 Å². The summed E-state index contributed by atoms with van der Waals surface area (Å²) in [6.45, 7) is 1.07. The van der Waals surface area contributed by atoms with Gasteiger partial charge in [-0.3, -0.25) is 4.79 Å². The van der Waals surface area contributed by atoms with E-state index >= 15 is 0 Å². The molecular weight excluding hydrogens is 148 g/mol. The number of carbonyl (C=O) groups is 2. The highest BCUT2D eigenvalue weighted by molar-refractivity contribution is 5.66. The Balaban J connectivity index is 3.01. The number of carbonyl (C=O) groups excluding carboxylic acids is 2. The van der Waals surface area contributed by atoms with Crippen LogP contribution in [-0.4, -0.2) is 32.7 Å². The van der Waals surface area contributed by atoms with E-state index in [2.05, 4.69) is 15.4 Å². The fourth-order valence-electron chi connectivity index (χ4n) is 0.512. The van der Waals surface area contributed by atoms with Crippen molar-refractivity contribution >= 4 is 12.5 Å². The van der Waals surface area contributed by atoms with Gasteiger partial charge in [-0.2, -0.15) is 0 Å². The van der Waals surface area contributed by atoms with Crippen molar-refractivity contribution in [2.75, 3.05) is 20.2 Å². The number of hydrogen-bond acceptors (Lipinski definition) is 3. The summed E-state index contributed by atoms with van der Waals surface area (Å²) in [4.78, 5) is 20.2. The molecule has 0 saturated carbocycles. The van der Waals surface area contributed by atoms with Crippen LogP contribution in [0.1, 0.15) is 6.42 Å². The molecule has 0 heterocycles. The number of hydrogen-bond donors (Lipinski definition) is 2. The highest BCUT2D eigenvalue weighted by atomic mass is 16.5. The first-order valence-corrected chi connectivity index (χ1v) is 3.30. The van der Waals surface area contributed by atoms with Gasteiger partial charge in [0.15, 0.2) is 0 Å². The predicted molar refractivity (Wildman–Crippen MR) is 39.1 cm³/mol. The molecular formula is C6H12N2O3. The van der Waals surface area contributed by atoms with Crippen LogP contribution in [0, 0.1) is 0 Å². The van der Waals surface area contributed by atoms with Crippen LogP contribution < -0.4 is 10.6 Å². The molecule has 5 heteroatoms. The number of ether oxygens (including phenoxy) is 1. The van der Waals surface area contributed by atoms with Gasteiger partial charge in [-0.25, -0.2) is 4.79 Å². The highest BCUT2D eigenvalue weighted by Crippen LogP contribution is 1.74. The SMILES string of the molecule is COC(=O)NCCCNC=O. The lowest BCUT2D eigenvalue weighted by Crippen LogP contribution is -2.26. The Labute approximate surface area is 65.1 Å². The number of alkyl carbamates (subject to hydrolysis) is 1. The van der Waals surface area contributed by atoms with Crippen molar-refractivity contribution in [3.8, 4) is 0 Å². The third kappa shape index (κ3) is 6.63. The molecule has 0 atom stereocenters. The second kappa shape index (κ2) is 6.85. The van der Waals surface area contributed by atoms with Crippen LogP contribution in [0.15, 0.2) is 0 Å². The fourth-order valence-corrected chi connectivity index (χ4v) is 0.512. The lowest BCUT2D eigenvalue weighted by Gasteiger charge is -2.01. The van der Waals surface area contributed by atoms with Crippen molar-refractivity contribution in [2.45, 2.75) is 6.42 Å². The molecule has 0 fully saturated rings. The summed E-state index contributed by atoms with van der Waals surface area (Å²) in [6.07, 6.45) is 0.877. The lowest BCUT2D eigenvalue weighted by molar-refractivity contribution is -0.109. The van der Waals surface area contributed by atoms with Gasteiger partial charge in [0.2, 0.25) is 6.41 Å². The molecule has 0 spiro atoms. The third-order valence-electron chi connectivity index (χ3n) is 1.04. The van der Waals surface area contributed by atoms with Gasteiger partial charge in [0.05, 0.1) is 7.11 Å². The van der Waals surface area contributed by atoms with Gasteiger partial charge >= 0.3 is 6.09 Å². The maximum absolute atomic E-state index is 10.4. The molecule has 0 aromatic carbocycles. The molecule has 0 aliphatic rings. The van der Waals surface area contributed by atoms with E-state index in [-0.39, 0.29) is 0 Å². The van der Waals surface area contributed by atoms with Crippen LogP contribution in [0.3, 0.4) is 0 Å². The van der Waals surface area contributed by atoms with E-state index in [9.17, 15) is 9.59 Å². The second-order valence-electron chi connectivity index (χ2n) is 1.84. The van der Waals surface area contributed by atoms with Crippen LogP contribution in [0.4, 0.5) is 4.79 Å². The van der Waals surface area contributed by atoms with Crippen LogP contribution >= 0.6 is 0 Å². The maximum Gasteiger partial charge on any atom is 0.406 e. The molecule has 0 saturated heterocycles. The van der Waals surface area contributed by atoms with E-state index in [1.54, 1.807) is 0 Å². The fraction of sp³-hybridized carbons (Fsp3) is 0.667. The minimum atomic E-state index is -0.448. The van der Waals surface area contributed by atoms with Crippen molar-refractivity contribution in [1.29, 1.82) is 0 Å². The maximum atomic E-state index is 10.4. The molecule has 0 aromatic rings. The van der Waals surface area contributed by atoms with Crippen LogP contribution in [0.25, 0.3) is 0 Å². The summed E-state index contributed by atoms with van der Waals surface area (Å²) in [7, 11) is 1.30. The zero-order chi connectivity index (χ0) is 8.53. The second-order valence-corrected chi connectivity index (χ2v) is 1.84. The standard InChI is InChI=1S/C6H12N2O3/c1-11-6(10)8-4-2-3-7-5-9/h5H,2-4H2,1H3,(H,7,9)(H,8,10). The zero-order valence-electron chi connectivity index (χ0n) is 6.42. The van der Waals surface area contributed by atoms with E-state index in [0.29, 0.717) is 25.9 Å². The molecule has 0 aromatic heterocycles. The number of methoxy groups -OCH3 is 1. The zero-order valence-corrected chi connectivity index (χ0v) is 6.42. The summed E-state index contributed by atoms with van der Waals surface area (Å²) < 4.78 is 4.32. The van der Waals surface area contributed by atoms with E-state index < -0.39 is 6.09 Å². The van der Waals surface area contributed by atoms with Crippen LogP contribution in [0.5, 0.6) is 0 Å². The van der Waals surface area contributed by atoms with Crippen molar-refractivity contribution in [3.63, 3.8) is 0 Å². The molecule has 0 aliphatic heterocycles. The minimum Gasteiger partial charge on any atom is -0.453 e. The topological polar surface area (TPSA) is 67.4 Å². The Bertz CT molecular complexity index is 127. The van der Waals surface area contributed by atoms with Gasteiger partial charge in [0.1, 0.15) is 0 Å². The largest absolute Gasteiger partial charge is 0.453 e. The first-order valence-electron chi connectivity index (χ1n) is 3.30. The summed E-state index contributed by atoms with van der Waals surface area (Å²) in [6, 6.07) is 0. The average Bonchev–Trinajstić information content (AvgIpc) is 2.04. The van der Waals surface area contributed by atoms with E-state index in [4.69, 9.17) is 0 Å². The van der Waals surface area contributed by atoms with Gasteiger partial charge in [0, 0.05) is 13.1 Å². The predicted octanol–water partition coefficient (Wildman–Crippen LogP) is -0.521. The Morgan fingerprint density at radius 2 is 2.27 bits per heavy atom. The molecule has 2 amide bonds. The Morgan fingerprint density at radius 3 is 2.82 bits per heavy atom. The monoisotopic (exact) mass is 160 g/mol. The van der Waals surface area contributed by atoms with E-state index in [0.717, 1.165) is 0 Å². The Kier molecular flexibility index (Phi) is 6.07. The van der Waals surface area contributed by atoms with Gasteiger partial charge in [-0.15, -0.1) is 0 Å². The summed E-state index contributed by atoms with van der Waals surface area (Å²) in [5, 5.41) is 4.94. The normalized spacial score (nSPS) is 8.45. The molecule has 0 radical (unpaired) electrons. The molecule has 5 nitrogen and oxygen atoms in total. The van der Waals surface area contributed by atoms with Gasteiger partial charge in [-0.05, 0) is 6.42 Å². The average molecular weight is 160 g/mol. The summed E-state index contributed by atoms with van der Waals surface area (Å²) in [5.41, 5.74) is 0. The Morgan fingerprint density at radius 1 is 1.55 bits per heavy atom. The molecule has 64 valence electrons. The molecule has 2 N–H and O–H groups in total. The van der Waals surface area contributed by atoms with Gasteiger partial charge < -0.3 is 15.4 Å². The molecule has 0 unspecified atom stereocenters. The van der Waals surface area contributed by atoms with E-state index in [1.807, 2.05) is 0 Å². The first kappa shape index (κ1) is 9.74. The number of nitrogens with one attached hydrogen (secondary N) is 2. The highest BCUT2D eigenvalue weighted by Gasteiger charge is 1.94. The quantitative estimate of drug-likeness (QED) is 0.420. The molecule has 0 rings (SSSR count). The number of rotatable bonds is 5. The van der Waals surface area contributed by atoms with Crippen LogP contribution in [0.2, 0.25) is 0 Å². The van der Waals surface area contributed by atoms with Crippen molar-refractivity contribution in [2.24, 2.45) is 0 Å². The minimum absolute atomic E-state index is 0.448. The van der Waals surface area contributed by atoms with E-state index in [1.165, 1.54) is 7.11 Å². The lowest BCUT2D eigenvalue weighted by atomic mass is 10.4. The van der Waals surface area contributed by atoms with Crippen molar-refractivity contribution < 1.29 is 14.3 Å². The molecule has 0 bridgehead atoms. The smallest absolute Gasteiger partial charge is 0.406 e. The summed E-state index contributed by atoms with van der Waals surface area (Å²) in [5.74, 6) is 0. The van der Waals surface area contributed by atoms with Crippen molar-refractivity contribution in [3.05, 3.63) is 0 Å². The van der Waals surface area contributed by atoms with Gasteiger partial charge in [-0.1, -0.05) is 0 Å². The summed E-state index contributed by atoms with van der Waals surface area (Å²) >= 11 is 0.